The molecule has 0 amide bonds. The summed E-state index contributed by atoms with van der Waals surface area (Å²) in [7, 11) is 1.85. The molecule has 0 aromatic carbocycles. The van der Waals surface area contributed by atoms with Crippen LogP contribution in [0.1, 0.15) is 4.88 Å². The molecular weight excluding hydrogens is 272 g/mol. The van der Waals surface area contributed by atoms with E-state index in [9.17, 15) is 0 Å². The number of alkyl halides is 1. The van der Waals surface area contributed by atoms with E-state index in [2.05, 4.69) is 28.3 Å². The molecule has 0 saturated carbocycles. The maximum Gasteiger partial charge on any atom is 0.152 e. The van der Waals surface area contributed by atoms with Crippen LogP contribution >= 0.6 is 34.7 Å². The second kappa shape index (κ2) is 7.44. The minimum atomic E-state index is 0.391. The number of nitrogens with zero attached hydrogens (tertiary/aromatic N) is 1. The average Bonchev–Trinajstić information content (AvgIpc) is 2.77. The van der Waals surface area contributed by atoms with Crippen molar-refractivity contribution in [2.24, 2.45) is 0 Å². The Balaban J connectivity index is 3.09. The van der Waals surface area contributed by atoms with E-state index in [-0.39, 0.29) is 0 Å². The summed E-state index contributed by atoms with van der Waals surface area (Å²) in [6.07, 6.45) is 5.52. The maximum atomic E-state index is 5.68. The van der Waals surface area contributed by atoms with Crippen LogP contribution in [-0.4, -0.2) is 24.2 Å². The normalized spacial score (nSPS) is 9.12. The van der Waals surface area contributed by atoms with Crippen LogP contribution in [-0.2, 0) is 0 Å². The minimum absolute atomic E-state index is 0.391. The quantitative estimate of drug-likeness (QED) is 0.382. The van der Waals surface area contributed by atoms with Crippen molar-refractivity contribution < 1.29 is 0 Å². The highest BCUT2D eigenvalue weighted by atomic mass is 35.5. The van der Waals surface area contributed by atoms with Crippen LogP contribution in [0.4, 0.5) is 5.82 Å². The van der Waals surface area contributed by atoms with E-state index in [0.717, 1.165) is 20.6 Å². The van der Waals surface area contributed by atoms with Crippen LogP contribution in [0.2, 0.25) is 0 Å². The van der Waals surface area contributed by atoms with Crippen molar-refractivity contribution in [1.29, 1.82) is 0 Å². The van der Waals surface area contributed by atoms with Gasteiger partial charge in [0.05, 0.1) is 10.8 Å². The van der Waals surface area contributed by atoms with Crippen LogP contribution in [0.15, 0.2) is 34.0 Å². The van der Waals surface area contributed by atoms with Crippen molar-refractivity contribution >= 4 is 46.6 Å². The Labute approximate surface area is 115 Å². The van der Waals surface area contributed by atoms with E-state index in [0.29, 0.717) is 5.88 Å². The number of allylic oxidation sites excluding steroid dienone is 2. The Hall–Kier alpha value is -0.890. The van der Waals surface area contributed by atoms with Crippen LogP contribution in [0.5, 0.6) is 0 Å². The van der Waals surface area contributed by atoms with Gasteiger partial charge in [0.1, 0.15) is 5.82 Å². The highest BCUT2D eigenvalue weighted by Crippen LogP contribution is 2.29. The second-order valence-electron chi connectivity index (χ2n) is 2.92. The molecule has 1 heterocycles. The van der Waals surface area contributed by atoms with Gasteiger partial charge in [-0.3, -0.25) is 0 Å². The maximum absolute atomic E-state index is 5.68. The van der Waals surface area contributed by atoms with Crippen LogP contribution in [0, 0.1) is 0 Å². The first kappa shape index (κ1) is 14.2. The Morgan fingerprint density at radius 1 is 1.71 bits per heavy atom. The molecule has 1 aromatic heterocycles. The van der Waals surface area contributed by atoms with Gasteiger partial charge >= 0.3 is 0 Å². The van der Waals surface area contributed by atoms with E-state index in [1.807, 2.05) is 19.4 Å². The second-order valence-corrected chi connectivity index (χ2v) is 5.27. The van der Waals surface area contributed by atoms with Gasteiger partial charge in [0.2, 0.25) is 0 Å². The molecule has 1 N–H and O–H groups in total. The van der Waals surface area contributed by atoms with Crippen molar-refractivity contribution in [3.05, 3.63) is 34.6 Å². The van der Waals surface area contributed by atoms with Crippen molar-refractivity contribution in [2.45, 2.75) is 4.34 Å². The predicted molar refractivity (Wildman–Crippen MR) is 79.4 cm³/mol. The molecule has 1 rings (SSSR count). The third-order valence-corrected chi connectivity index (χ3v) is 4.15. The van der Waals surface area contributed by atoms with Crippen molar-refractivity contribution in [3.63, 3.8) is 0 Å². The minimum Gasteiger partial charge on any atom is -0.372 e. The molecule has 17 heavy (non-hydrogen) atoms. The first-order chi connectivity index (χ1) is 8.24. The predicted octanol–water partition coefficient (Wildman–Crippen LogP) is 4.03. The lowest BCUT2D eigenvalue weighted by Crippen LogP contribution is -1.88. The molecule has 0 saturated heterocycles. The number of thiazole rings is 1. The molecule has 1 aromatic rings. The zero-order valence-electron chi connectivity index (χ0n) is 9.71. The molecule has 0 spiro atoms. The SMILES string of the molecule is C=CC(=C=C=Cc1sc(SC)nc1NC)CCl. The lowest BCUT2D eigenvalue weighted by molar-refractivity contribution is 1.23. The Bertz CT molecular complexity index is 493. The lowest BCUT2D eigenvalue weighted by Gasteiger charge is -1.92. The van der Waals surface area contributed by atoms with Gasteiger partial charge in [-0.15, -0.1) is 22.9 Å². The summed E-state index contributed by atoms with van der Waals surface area (Å²) in [6.45, 7) is 3.65. The van der Waals surface area contributed by atoms with E-state index in [1.165, 1.54) is 0 Å². The van der Waals surface area contributed by atoms with Gasteiger partial charge < -0.3 is 5.32 Å². The first-order valence-corrected chi connectivity index (χ1v) is 7.44. The fourth-order valence-electron chi connectivity index (χ4n) is 1.01. The number of halogens is 1. The van der Waals surface area contributed by atoms with E-state index in [1.54, 1.807) is 29.2 Å². The van der Waals surface area contributed by atoms with Gasteiger partial charge in [-0.2, -0.15) is 0 Å². The molecule has 0 radical (unpaired) electrons. The number of aromatic nitrogens is 1. The zero-order chi connectivity index (χ0) is 12.7. The Kier molecular flexibility index (Phi) is 6.20. The smallest absolute Gasteiger partial charge is 0.152 e. The van der Waals surface area contributed by atoms with Gasteiger partial charge in [0, 0.05) is 18.7 Å². The largest absolute Gasteiger partial charge is 0.372 e. The molecule has 90 valence electrons. The number of thioether (sulfide) groups is 1. The monoisotopic (exact) mass is 284 g/mol. The van der Waals surface area contributed by atoms with Crippen molar-refractivity contribution in [3.8, 4) is 0 Å². The van der Waals surface area contributed by atoms with Crippen LogP contribution in [0.25, 0.3) is 6.08 Å². The van der Waals surface area contributed by atoms with Crippen molar-refractivity contribution in [2.75, 3.05) is 24.5 Å². The average molecular weight is 285 g/mol. The third-order valence-electron chi connectivity index (χ3n) is 1.87. The van der Waals surface area contributed by atoms with Crippen LogP contribution < -0.4 is 5.32 Å². The Morgan fingerprint density at radius 3 is 3.00 bits per heavy atom. The molecular formula is C12H13ClN2S2. The molecule has 0 atom stereocenters. The highest BCUT2D eigenvalue weighted by molar-refractivity contribution is 8.00. The van der Waals surface area contributed by atoms with Gasteiger partial charge in [0.25, 0.3) is 0 Å². The number of rotatable bonds is 5. The molecule has 0 unspecified atom stereocenters. The van der Waals surface area contributed by atoms with Gasteiger partial charge in [-0.25, -0.2) is 4.98 Å². The zero-order valence-corrected chi connectivity index (χ0v) is 12.1. The molecule has 0 fully saturated rings. The number of hydrogen-bond donors (Lipinski definition) is 1. The summed E-state index contributed by atoms with van der Waals surface area (Å²) in [5, 5.41) is 3.05. The van der Waals surface area contributed by atoms with Gasteiger partial charge in [0.15, 0.2) is 4.34 Å². The molecule has 0 aliphatic heterocycles. The summed E-state index contributed by atoms with van der Waals surface area (Å²) >= 11 is 8.92. The third kappa shape index (κ3) is 4.12. The van der Waals surface area contributed by atoms with E-state index >= 15 is 0 Å². The molecule has 0 bridgehead atoms. The summed E-state index contributed by atoms with van der Waals surface area (Å²) in [4.78, 5) is 5.43. The fourth-order valence-corrected chi connectivity index (χ4v) is 2.66. The summed E-state index contributed by atoms with van der Waals surface area (Å²) in [5.74, 6) is 1.25. The van der Waals surface area contributed by atoms with Crippen molar-refractivity contribution in [1.82, 2.24) is 4.98 Å². The Morgan fingerprint density at radius 2 is 2.47 bits per heavy atom. The first-order valence-electron chi connectivity index (χ1n) is 4.86. The van der Waals surface area contributed by atoms with E-state index < -0.39 is 0 Å². The van der Waals surface area contributed by atoms with Crippen LogP contribution in [0.3, 0.4) is 0 Å². The van der Waals surface area contributed by atoms with Gasteiger partial charge in [-0.05, 0) is 6.26 Å². The van der Waals surface area contributed by atoms with E-state index in [4.69, 9.17) is 11.6 Å². The highest BCUT2D eigenvalue weighted by Gasteiger charge is 2.05. The lowest BCUT2D eigenvalue weighted by atomic mass is 10.3. The molecule has 0 aliphatic carbocycles. The fraction of sp³-hybridized carbons (Fsp3) is 0.250. The molecule has 2 nitrogen and oxygen atoms in total. The number of anilines is 1. The topological polar surface area (TPSA) is 24.9 Å². The molecule has 0 aliphatic rings. The summed E-state index contributed by atoms with van der Waals surface area (Å²) in [5.41, 5.74) is 6.74. The number of nitrogens with one attached hydrogen (secondary N) is 1. The summed E-state index contributed by atoms with van der Waals surface area (Å²) in [6, 6.07) is 0. The number of hydrogen-bond acceptors (Lipinski definition) is 4. The van der Waals surface area contributed by atoms with Gasteiger partial charge in [-0.1, -0.05) is 35.9 Å². The summed E-state index contributed by atoms with van der Waals surface area (Å²) < 4.78 is 1.02. The molecule has 5 heteroatoms. The standard InChI is InChI=1S/C12H13ClN2S2/c1-4-9(8-13)6-5-7-10-11(14-2)15-12(16-3)17-10/h4,7,14H,1,8H2,2-3H3.